The molecule has 29 heavy (non-hydrogen) atoms. The zero-order valence-electron chi connectivity index (χ0n) is 16.6. The number of thioether (sulfide) groups is 1. The molecule has 2 fully saturated rings. The van der Waals surface area contributed by atoms with E-state index >= 15 is 0 Å². The Morgan fingerprint density at radius 2 is 2.03 bits per heavy atom. The van der Waals surface area contributed by atoms with Crippen molar-refractivity contribution in [3.63, 3.8) is 0 Å². The molecule has 2 saturated carbocycles. The van der Waals surface area contributed by atoms with Crippen LogP contribution in [-0.4, -0.2) is 25.9 Å². The molecule has 0 aromatic carbocycles. The van der Waals surface area contributed by atoms with Gasteiger partial charge in [-0.25, -0.2) is 0 Å². The smallest absolute Gasteiger partial charge is 0.238 e. The Balaban J connectivity index is 1.31. The zero-order chi connectivity index (χ0) is 20.0. The molecule has 0 radical (unpaired) electrons. The number of thiophene rings is 1. The fourth-order valence-electron chi connectivity index (χ4n) is 4.04. The van der Waals surface area contributed by atoms with Crippen LogP contribution in [-0.2, 0) is 17.6 Å². The van der Waals surface area contributed by atoms with Gasteiger partial charge in [-0.05, 0) is 63.9 Å². The summed E-state index contributed by atoms with van der Waals surface area (Å²) in [5.41, 5.74) is 1.84. The van der Waals surface area contributed by atoms with E-state index in [1.807, 2.05) is 6.92 Å². The molecule has 152 valence electrons. The van der Waals surface area contributed by atoms with Crippen LogP contribution in [0.4, 0.5) is 5.00 Å². The zero-order valence-corrected chi connectivity index (χ0v) is 18.2. The summed E-state index contributed by atoms with van der Waals surface area (Å²) in [4.78, 5) is 14.2. The molecule has 0 unspecified atom stereocenters. The van der Waals surface area contributed by atoms with Gasteiger partial charge >= 0.3 is 0 Å². The third-order valence-electron chi connectivity index (χ3n) is 5.97. The molecular weight excluding hydrogens is 402 g/mol. The average molecular weight is 428 g/mol. The Morgan fingerprint density at radius 3 is 2.76 bits per heavy atom. The summed E-state index contributed by atoms with van der Waals surface area (Å²) < 4.78 is 2.28. The van der Waals surface area contributed by atoms with E-state index < -0.39 is 0 Å². The molecule has 8 heteroatoms. The monoisotopic (exact) mass is 427 g/mol. The largest absolute Gasteiger partial charge is 0.316 e. The normalized spacial score (nSPS) is 19.9. The fourth-order valence-corrected chi connectivity index (χ4v) is 6.21. The maximum Gasteiger partial charge on any atom is 0.238 e. The van der Waals surface area contributed by atoms with E-state index in [2.05, 4.69) is 26.2 Å². The quantitative estimate of drug-likeness (QED) is 0.528. The number of nitrogens with zero attached hydrogens (tertiary/aromatic N) is 4. The standard InChI is InChI=1S/C21H25N5OS2/c1-12(28-21-25-24-18(13-7-8-13)26(21)14-9-10-14)19(27)23-20-16(11-22)15-5-3-2-4-6-17(15)29-20/h12-14H,2-10H2,1H3,(H,23,27)/t12-/m1/s1. The van der Waals surface area contributed by atoms with Crippen LogP contribution in [0.1, 0.15) is 85.7 Å². The van der Waals surface area contributed by atoms with E-state index in [1.54, 1.807) is 11.3 Å². The van der Waals surface area contributed by atoms with E-state index in [-0.39, 0.29) is 11.2 Å². The third kappa shape index (κ3) is 3.82. The first-order chi connectivity index (χ1) is 14.2. The first-order valence-electron chi connectivity index (χ1n) is 10.6. The fraction of sp³-hybridized carbons (Fsp3) is 0.619. The predicted octanol–water partition coefficient (Wildman–Crippen LogP) is 4.81. The van der Waals surface area contributed by atoms with Gasteiger partial charge in [0, 0.05) is 16.8 Å². The van der Waals surface area contributed by atoms with E-state index in [1.165, 1.54) is 48.7 Å². The molecule has 1 N–H and O–H groups in total. The maximum atomic E-state index is 12.9. The number of aromatic nitrogens is 3. The minimum Gasteiger partial charge on any atom is -0.316 e. The lowest BCUT2D eigenvalue weighted by molar-refractivity contribution is -0.115. The van der Waals surface area contributed by atoms with Crippen LogP contribution in [0.25, 0.3) is 0 Å². The number of aryl methyl sites for hydroxylation is 1. The second-order valence-corrected chi connectivity index (χ2v) is 10.8. The summed E-state index contributed by atoms with van der Waals surface area (Å²) >= 11 is 3.07. The van der Waals surface area contributed by atoms with Crippen LogP contribution in [0.2, 0.25) is 0 Å². The van der Waals surface area contributed by atoms with Gasteiger partial charge in [-0.15, -0.1) is 21.5 Å². The van der Waals surface area contributed by atoms with Crippen molar-refractivity contribution in [1.29, 1.82) is 5.26 Å². The molecule has 6 nitrogen and oxygen atoms in total. The second-order valence-electron chi connectivity index (χ2n) is 8.35. The van der Waals surface area contributed by atoms with Gasteiger partial charge in [0.25, 0.3) is 0 Å². The van der Waals surface area contributed by atoms with Crippen LogP contribution < -0.4 is 5.32 Å². The van der Waals surface area contributed by atoms with Crippen molar-refractivity contribution in [1.82, 2.24) is 14.8 Å². The molecular formula is C21H25N5OS2. The van der Waals surface area contributed by atoms with Gasteiger partial charge in [0.05, 0.1) is 10.8 Å². The molecule has 1 amide bonds. The van der Waals surface area contributed by atoms with Crippen molar-refractivity contribution >= 4 is 34.0 Å². The summed E-state index contributed by atoms with van der Waals surface area (Å²) in [5, 5.41) is 22.9. The molecule has 0 aliphatic heterocycles. The lowest BCUT2D eigenvalue weighted by atomic mass is 10.1. The molecule has 0 bridgehead atoms. The molecule has 1 atom stereocenters. The number of anilines is 1. The highest BCUT2D eigenvalue weighted by Gasteiger charge is 2.37. The first-order valence-corrected chi connectivity index (χ1v) is 12.3. The predicted molar refractivity (Wildman–Crippen MR) is 115 cm³/mol. The van der Waals surface area contributed by atoms with Gasteiger partial charge < -0.3 is 9.88 Å². The van der Waals surface area contributed by atoms with E-state index in [0.717, 1.165) is 47.2 Å². The Bertz CT molecular complexity index is 980. The minimum absolute atomic E-state index is 0.0683. The number of hydrogen-bond donors (Lipinski definition) is 1. The van der Waals surface area contributed by atoms with Crippen LogP contribution >= 0.6 is 23.1 Å². The summed E-state index contributed by atoms with van der Waals surface area (Å²) in [5.74, 6) is 1.60. The van der Waals surface area contributed by atoms with Crippen molar-refractivity contribution in [3.05, 3.63) is 21.8 Å². The van der Waals surface area contributed by atoms with Gasteiger partial charge in [-0.3, -0.25) is 4.79 Å². The topological polar surface area (TPSA) is 83.6 Å². The second kappa shape index (κ2) is 7.77. The van der Waals surface area contributed by atoms with Gasteiger partial charge in [0.15, 0.2) is 5.16 Å². The maximum absolute atomic E-state index is 12.9. The number of nitriles is 1. The number of nitrogens with one attached hydrogen (secondary N) is 1. The molecule has 2 heterocycles. The number of carbonyl (C=O) groups excluding carboxylic acids is 1. The molecule has 5 rings (SSSR count). The molecule has 3 aliphatic rings. The highest BCUT2D eigenvalue weighted by molar-refractivity contribution is 8.00. The highest BCUT2D eigenvalue weighted by atomic mass is 32.2. The molecule has 0 saturated heterocycles. The summed E-state index contributed by atoms with van der Waals surface area (Å²) in [7, 11) is 0. The Kier molecular flexibility index (Phi) is 5.12. The molecule has 2 aromatic heterocycles. The summed E-state index contributed by atoms with van der Waals surface area (Å²) in [6.07, 6.45) is 10.2. The van der Waals surface area contributed by atoms with Crippen molar-refractivity contribution in [2.24, 2.45) is 0 Å². The van der Waals surface area contributed by atoms with Crippen LogP contribution in [0.15, 0.2) is 5.16 Å². The van der Waals surface area contributed by atoms with Crippen molar-refractivity contribution in [2.75, 3.05) is 5.32 Å². The summed E-state index contributed by atoms with van der Waals surface area (Å²) in [6, 6.07) is 2.85. The van der Waals surface area contributed by atoms with Gasteiger partial charge in [0.2, 0.25) is 5.91 Å². The van der Waals surface area contributed by atoms with E-state index in [9.17, 15) is 10.1 Å². The van der Waals surface area contributed by atoms with E-state index in [4.69, 9.17) is 0 Å². The Labute approximate surface area is 179 Å². The number of carbonyl (C=O) groups is 1. The lowest BCUT2D eigenvalue weighted by Gasteiger charge is -2.13. The highest BCUT2D eigenvalue weighted by Crippen LogP contribution is 2.46. The summed E-state index contributed by atoms with van der Waals surface area (Å²) in [6.45, 7) is 1.91. The number of fused-ring (bicyclic) bond motifs is 1. The average Bonchev–Trinajstić information content (AvgIpc) is 3.63. The van der Waals surface area contributed by atoms with Crippen molar-refractivity contribution in [2.45, 2.75) is 87.1 Å². The van der Waals surface area contributed by atoms with Crippen LogP contribution in [0.3, 0.4) is 0 Å². The van der Waals surface area contributed by atoms with Crippen LogP contribution in [0, 0.1) is 11.3 Å². The first kappa shape index (κ1) is 19.1. The Hall–Kier alpha value is -1.85. The van der Waals surface area contributed by atoms with Gasteiger partial charge in [-0.2, -0.15) is 5.26 Å². The Morgan fingerprint density at radius 1 is 1.24 bits per heavy atom. The minimum atomic E-state index is -0.294. The lowest BCUT2D eigenvalue weighted by Crippen LogP contribution is -2.23. The van der Waals surface area contributed by atoms with E-state index in [0.29, 0.717) is 17.5 Å². The number of amides is 1. The SMILES string of the molecule is C[C@@H](Sc1nnc(C2CC2)n1C1CC1)C(=O)Nc1sc2c(c1C#N)CCCCC2. The third-order valence-corrected chi connectivity index (χ3v) is 8.23. The van der Waals surface area contributed by atoms with Crippen molar-refractivity contribution in [3.8, 4) is 6.07 Å². The molecule has 3 aliphatic carbocycles. The van der Waals surface area contributed by atoms with Crippen LogP contribution in [0.5, 0.6) is 0 Å². The number of rotatable bonds is 6. The van der Waals surface area contributed by atoms with Gasteiger partial charge in [0.1, 0.15) is 16.9 Å². The molecule has 2 aromatic rings. The molecule has 0 spiro atoms. The number of hydrogen-bond acceptors (Lipinski definition) is 6. The van der Waals surface area contributed by atoms with Crippen molar-refractivity contribution < 1.29 is 4.79 Å². The van der Waals surface area contributed by atoms with Gasteiger partial charge in [-0.1, -0.05) is 18.2 Å².